The molecule has 1 aromatic heterocycles. The minimum Gasteiger partial charge on any atom is -0.379 e. The molecule has 0 atom stereocenters. The molecule has 0 unspecified atom stereocenters. The van der Waals surface area contributed by atoms with Crippen LogP contribution in [0.4, 0.5) is 0 Å². The Hall–Kier alpha value is -0.160. The maximum atomic E-state index is 11.8. The molecule has 2 heterocycles. The normalized spacial score (nSPS) is 15.6. The van der Waals surface area contributed by atoms with Crippen LogP contribution < -0.4 is 5.14 Å². The molecule has 1 fully saturated rings. The van der Waals surface area contributed by atoms with E-state index in [0.717, 1.165) is 45.0 Å². The third kappa shape index (κ3) is 5.46. The van der Waals surface area contributed by atoms with Crippen LogP contribution in [-0.4, -0.2) is 51.1 Å². The van der Waals surface area contributed by atoms with Gasteiger partial charge in [-0.25, -0.2) is 18.5 Å². The largest absolute Gasteiger partial charge is 0.379 e. The van der Waals surface area contributed by atoms with Crippen LogP contribution in [0.5, 0.6) is 0 Å². The lowest BCUT2D eigenvalue weighted by Gasteiger charge is -2.26. The zero-order chi connectivity index (χ0) is 18.9. The topological polar surface area (TPSA) is 85.5 Å². The van der Waals surface area contributed by atoms with Crippen molar-refractivity contribution in [1.82, 2.24) is 9.88 Å². The Labute approximate surface area is 183 Å². The molecule has 150 valence electrons. The van der Waals surface area contributed by atoms with Crippen molar-refractivity contribution in [2.45, 2.75) is 11.3 Å². The Morgan fingerprint density at radius 3 is 2.52 bits per heavy atom. The predicted octanol–water partition coefficient (Wildman–Crippen LogP) is 3.71. The van der Waals surface area contributed by atoms with Crippen LogP contribution >= 0.6 is 58.5 Å². The summed E-state index contributed by atoms with van der Waals surface area (Å²) in [5, 5.41) is 7.65. The Morgan fingerprint density at radius 1 is 1.22 bits per heavy atom. The summed E-state index contributed by atoms with van der Waals surface area (Å²) in [6.07, 6.45) is 0.765. The van der Waals surface area contributed by atoms with Crippen LogP contribution in [0.2, 0.25) is 15.1 Å². The number of benzene rings is 1. The average Bonchev–Trinajstić information content (AvgIpc) is 3.00. The number of sulfonamides is 1. The maximum absolute atomic E-state index is 11.8. The van der Waals surface area contributed by atoms with Crippen molar-refractivity contribution in [2.75, 3.05) is 32.8 Å². The highest BCUT2D eigenvalue weighted by molar-refractivity contribution is 7.89. The second kappa shape index (κ2) is 9.56. The van der Waals surface area contributed by atoms with Crippen molar-refractivity contribution >= 4 is 68.6 Å². The smallest absolute Gasteiger partial charge is 0.241 e. The third-order valence-corrected chi connectivity index (χ3v) is 7.07. The molecule has 0 radical (unpaired) electrons. The van der Waals surface area contributed by atoms with Crippen LogP contribution in [0.15, 0.2) is 16.3 Å². The van der Waals surface area contributed by atoms with Gasteiger partial charge in [0.2, 0.25) is 10.0 Å². The number of aromatic nitrogens is 1. The van der Waals surface area contributed by atoms with Gasteiger partial charge in [-0.15, -0.1) is 23.7 Å². The molecule has 3 rings (SSSR count). The quantitative estimate of drug-likeness (QED) is 0.687. The third-order valence-electron chi connectivity index (χ3n) is 3.97. The van der Waals surface area contributed by atoms with E-state index < -0.39 is 10.0 Å². The molecule has 27 heavy (non-hydrogen) atoms. The number of halogens is 4. The van der Waals surface area contributed by atoms with Gasteiger partial charge in [-0.3, -0.25) is 4.90 Å². The lowest BCUT2D eigenvalue weighted by atomic mass is 10.2. The molecule has 0 amide bonds. The molecule has 2 aromatic rings. The van der Waals surface area contributed by atoms with Crippen LogP contribution in [-0.2, 0) is 21.2 Å². The minimum atomic E-state index is -4.09. The summed E-state index contributed by atoms with van der Waals surface area (Å²) in [6.45, 7) is 4.17. The molecule has 6 nitrogen and oxygen atoms in total. The minimum absolute atomic E-state index is 0. The van der Waals surface area contributed by atoms with Crippen molar-refractivity contribution in [1.29, 1.82) is 0 Å². The summed E-state index contributed by atoms with van der Waals surface area (Å²) < 4.78 is 28.9. The van der Waals surface area contributed by atoms with Crippen LogP contribution in [0.3, 0.4) is 0 Å². The van der Waals surface area contributed by atoms with E-state index in [9.17, 15) is 8.42 Å². The first-order valence-electron chi connectivity index (χ1n) is 7.72. The lowest BCUT2D eigenvalue weighted by molar-refractivity contribution is 0.0383. The highest BCUT2D eigenvalue weighted by Crippen LogP contribution is 2.43. The molecular weight excluding hydrogens is 476 g/mol. The zero-order valence-corrected chi connectivity index (χ0v) is 18.7. The van der Waals surface area contributed by atoms with Crippen LogP contribution in [0, 0.1) is 0 Å². The van der Waals surface area contributed by atoms with Gasteiger partial charge in [-0.05, 0) is 6.07 Å². The molecule has 0 saturated carbocycles. The molecular formula is C15H17Cl4N3O3S2. The number of ether oxygens (including phenoxy) is 1. The van der Waals surface area contributed by atoms with Crippen LogP contribution in [0.25, 0.3) is 10.6 Å². The highest BCUT2D eigenvalue weighted by atomic mass is 35.5. The molecule has 0 aliphatic carbocycles. The van der Waals surface area contributed by atoms with E-state index in [2.05, 4.69) is 9.88 Å². The number of nitrogens with two attached hydrogens (primary N) is 1. The summed E-state index contributed by atoms with van der Waals surface area (Å²) in [5.74, 6) is 0. The van der Waals surface area contributed by atoms with Gasteiger partial charge < -0.3 is 4.74 Å². The maximum Gasteiger partial charge on any atom is 0.241 e. The second-order valence-corrected chi connectivity index (χ2v) is 9.30. The van der Waals surface area contributed by atoms with Gasteiger partial charge in [0, 0.05) is 37.0 Å². The highest BCUT2D eigenvalue weighted by Gasteiger charge is 2.25. The number of thiazole rings is 1. The van der Waals surface area contributed by atoms with Gasteiger partial charge in [0.15, 0.2) is 0 Å². The first-order valence-corrected chi connectivity index (χ1v) is 11.3. The van der Waals surface area contributed by atoms with Crippen molar-refractivity contribution < 1.29 is 13.2 Å². The summed E-state index contributed by atoms with van der Waals surface area (Å²) in [7, 11) is -4.09. The second-order valence-electron chi connectivity index (χ2n) is 5.75. The average molecular weight is 493 g/mol. The van der Waals surface area contributed by atoms with Crippen LogP contribution in [0.1, 0.15) is 5.69 Å². The van der Waals surface area contributed by atoms with E-state index >= 15 is 0 Å². The van der Waals surface area contributed by atoms with Crippen molar-refractivity contribution in [2.24, 2.45) is 5.14 Å². The van der Waals surface area contributed by atoms with Crippen molar-refractivity contribution in [3.8, 4) is 10.6 Å². The number of rotatable bonds is 5. The molecule has 1 aliphatic heterocycles. The van der Waals surface area contributed by atoms with E-state index in [-0.39, 0.29) is 32.4 Å². The van der Waals surface area contributed by atoms with Gasteiger partial charge in [0.05, 0.1) is 34.0 Å². The van der Waals surface area contributed by atoms with E-state index in [1.165, 1.54) is 17.4 Å². The van der Waals surface area contributed by atoms with E-state index in [1.807, 2.05) is 5.38 Å². The molecule has 0 bridgehead atoms. The van der Waals surface area contributed by atoms with Gasteiger partial charge in [0.1, 0.15) is 9.90 Å². The van der Waals surface area contributed by atoms with E-state index in [1.54, 1.807) is 0 Å². The predicted molar refractivity (Wildman–Crippen MR) is 112 cm³/mol. The fourth-order valence-electron chi connectivity index (χ4n) is 2.66. The Balaban J connectivity index is 0.00000261. The van der Waals surface area contributed by atoms with Gasteiger partial charge in [-0.2, -0.15) is 0 Å². The molecule has 1 saturated heterocycles. The first kappa shape index (κ1) is 23.1. The Morgan fingerprint density at radius 2 is 1.89 bits per heavy atom. The zero-order valence-electron chi connectivity index (χ0n) is 14.0. The number of primary sulfonamides is 1. The summed E-state index contributed by atoms with van der Waals surface area (Å²) in [6, 6.07) is 1.32. The lowest BCUT2D eigenvalue weighted by Crippen LogP contribution is -2.37. The van der Waals surface area contributed by atoms with Gasteiger partial charge in [0.25, 0.3) is 0 Å². The standard InChI is InChI=1S/C15H16Cl3N3O3S2.ClH/c16-10-7-11(17)14(26(19,22)23)13(18)12(10)15-20-9(8-25-15)1-2-21-3-5-24-6-4-21;/h7-8H,1-6H2,(H2,19,22,23);1H. The summed E-state index contributed by atoms with van der Waals surface area (Å²) in [4.78, 5) is 6.52. The summed E-state index contributed by atoms with van der Waals surface area (Å²) >= 11 is 19.8. The number of hydrogen-bond acceptors (Lipinski definition) is 6. The summed E-state index contributed by atoms with van der Waals surface area (Å²) in [5.41, 5.74) is 1.21. The molecule has 12 heteroatoms. The Bertz CT molecular complexity index is 915. The van der Waals surface area contributed by atoms with E-state index in [0.29, 0.717) is 10.6 Å². The molecule has 0 spiro atoms. The fraction of sp³-hybridized carbons (Fsp3) is 0.400. The van der Waals surface area contributed by atoms with Gasteiger partial charge >= 0.3 is 0 Å². The number of nitrogens with zero attached hydrogens (tertiary/aromatic N) is 2. The number of morpholine rings is 1. The van der Waals surface area contributed by atoms with Crippen molar-refractivity contribution in [3.05, 3.63) is 32.2 Å². The molecule has 1 aromatic carbocycles. The SMILES string of the molecule is Cl.NS(=O)(=O)c1c(Cl)cc(Cl)c(-c2nc(CCN3CCOCC3)cs2)c1Cl. The molecule has 1 aliphatic rings. The van der Waals surface area contributed by atoms with E-state index in [4.69, 9.17) is 44.7 Å². The molecule has 2 N–H and O–H groups in total. The van der Waals surface area contributed by atoms with Crippen molar-refractivity contribution in [3.63, 3.8) is 0 Å². The first-order chi connectivity index (χ1) is 12.3. The Kier molecular flexibility index (Phi) is 8.19. The number of hydrogen-bond donors (Lipinski definition) is 1. The fourth-order valence-corrected chi connectivity index (χ4v) is 5.96. The monoisotopic (exact) mass is 491 g/mol. The van der Waals surface area contributed by atoms with Gasteiger partial charge in [-0.1, -0.05) is 34.8 Å².